The molecule has 9 heteroatoms. The van der Waals surface area contributed by atoms with Crippen LogP contribution in [0.1, 0.15) is 44.6 Å². The number of amides is 3. The Morgan fingerprint density at radius 2 is 2.00 bits per heavy atom. The van der Waals surface area contributed by atoms with E-state index in [2.05, 4.69) is 10.4 Å². The van der Waals surface area contributed by atoms with Crippen LogP contribution in [0.3, 0.4) is 0 Å². The molecule has 0 saturated heterocycles. The van der Waals surface area contributed by atoms with E-state index >= 15 is 0 Å². The van der Waals surface area contributed by atoms with Gasteiger partial charge in [0.05, 0.1) is 18.6 Å². The lowest BCUT2D eigenvalue weighted by Gasteiger charge is -2.29. The number of hydrogen-bond acceptors (Lipinski definition) is 5. The highest BCUT2D eigenvalue weighted by Gasteiger charge is 2.36. The Hall–Kier alpha value is -3.20. The van der Waals surface area contributed by atoms with E-state index in [0.717, 1.165) is 5.56 Å². The molecule has 8 nitrogen and oxygen atoms in total. The summed E-state index contributed by atoms with van der Waals surface area (Å²) in [4.78, 5) is 27.4. The van der Waals surface area contributed by atoms with E-state index in [4.69, 9.17) is 9.15 Å². The normalized spacial score (nSPS) is 16.1. The van der Waals surface area contributed by atoms with Gasteiger partial charge in [-0.3, -0.25) is 4.79 Å². The molecule has 0 radical (unpaired) electrons. The van der Waals surface area contributed by atoms with Gasteiger partial charge in [-0.05, 0) is 50.6 Å². The van der Waals surface area contributed by atoms with E-state index in [-0.39, 0.29) is 37.5 Å². The number of halogens is 1. The van der Waals surface area contributed by atoms with E-state index in [1.807, 2.05) is 20.8 Å². The third kappa shape index (κ3) is 5.94. The summed E-state index contributed by atoms with van der Waals surface area (Å²) in [6.07, 6.45) is 1.95. The third-order valence-electron chi connectivity index (χ3n) is 4.88. The molecule has 3 rings (SSSR count). The molecular weight excluding hydrogens is 415 g/mol. The maximum atomic E-state index is 13.3. The topological polar surface area (TPSA) is 87.4 Å². The first kappa shape index (κ1) is 23.5. The van der Waals surface area contributed by atoms with Gasteiger partial charge in [-0.15, -0.1) is 0 Å². The molecule has 0 bridgehead atoms. The summed E-state index contributed by atoms with van der Waals surface area (Å²) in [5, 5.41) is 8.74. The molecule has 2 heterocycles. The van der Waals surface area contributed by atoms with Crippen LogP contribution in [0.2, 0.25) is 0 Å². The van der Waals surface area contributed by atoms with E-state index in [1.54, 1.807) is 24.3 Å². The predicted octanol–water partition coefficient (Wildman–Crippen LogP) is 3.55. The van der Waals surface area contributed by atoms with Crippen molar-refractivity contribution < 1.29 is 23.1 Å². The molecule has 1 aromatic carbocycles. The number of furan rings is 1. The maximum Gasteiger partial charge on any atom is 0.318 e. The summed E-state index contributed by atoms with van der Waals surface area (Å²) < 4.78 is 24.0. The monoisotopic (exact) mass is 444 g/mol. The maximum absolute atomic E-state index is 13.3. The van der Waals surface area contributed by atoms with Crippen LogP contribution >= 0.6 is 0 Å². The van der Waals surface area contributed by atoms with Crippen molar-refractivity contribution in [2.75, 3.05) is 26.8 Å². The lowest BCUT2D eigenvalue weighted by atomic mass is 10.0. The number of benzene rings is 1. The van der Waals surface area contributed by atoms with Crippen molar-refractivity contribution in [1.29, 1.82) is 0 Å². The van der Waals surface area contributed by atoms with Crippen molar-refractivity contribution >= 4 is 17.6 Å². The summed E-state index contributed by atoms with van der Waals surface area (Å²) >= 11 is 0. The Labute approximate surface area is 187 Å². The minimum absolute atomic E-state index is 0.178. The number of hydrogen-bond donors (Lipinski definition) is 1. The highest BCUT2D eigenvalue weighted by Crippen LogP contribution is 2.33. The molecule has 0 spiro atoms. The Morgan fingerprint density at radius 1 is 1.28 bits per heavy atom. The molecule has 2 aromatic rings. The zero-order valence-electron chi connectivity index (χ0n) is 18.8. The summed E-state index contributed by atoms with van der Waals surface area (Å²) in [6, 6.07) is 8.68. The minimum atomic E-state index is -0.455. The second-order valence-corrected chi connectivity index (χ2v) is 8.62. The molecule has 3 amide bonds. The SMILES string of the molecule is COCCN(CC(=O)N1N=C(c2ccc(F)cc2)CC1c1ccco1)C(=O)NC(C)(C)C. The summed E-state index contributed by atoms with van der Waals surface area (Å²) in [5.41, 5.74) is 0.909. The van der Waals surface area contributed by atoms with Gasteiger partial charge in [0.15, 0.2) is 0 Å². The number of carbonyl (C=O) groups excluding carboxylic acids is 2. The van der Waals surface area contributed by atoms with Crippen molar-refractivity contribution in [3.63, 3.8) is 0 Å². The summed E-state index contributed by atoms with van der Waals surface area (Å²) in [6.45, 7) is 5.97. The van der Waals surface area contributed by atoms with Gasteiger partial charge in [-0.1, -0.05) is 12.1 Å². The highest BCUT2D eigenvalue weighted by molar-refractivity contribution is 6.03. The van der Waals surface area contributed by atoms with Gasteiger partial charge in [0.1, 0.15) is 24.2 Å². The van der Waals surface area contributed by atoms with Crippen molar-refractivity contribution in [3.8, 4) is 0 Å². The van der Waals surface area contributed by atoms with E-state index in [0.29, 0.717) is 17.9 Å². The Kier molecular flexibility index (Phi) is 7.29. The molecule has 32 heavy (non-hydrogen) atoms. The third-order valence-corrected chi connectivity index (χ3v) is 4.88. The molecule has 172 valence electrons. The lowest BCUT2D eigenvalue weighted by molar-refractivity contribution is -0.134. The number of nitrogens with one attached hydrogen (secondary N) is 1. The van der Waals surface area contributed by atoms with Crippen LogP contribution in [0.5, 0.6) is 0 Å². The Morgan fingerprint density at radius 3 is 2.59 bits per heavy atom. The van der Waals surface area contributed by atoms with Crippen LogP contribution in [0.15, 0.2) is 52.2 Å². The van der Waals surface area contributed by atoms with Gasteiger partial charge < -0.3 is 19.4 Å². The van der Waals surface area contributed by atoms with Crippen LogP contribution in [-0.4, -0.2) is 59.9 Å². The number of nitrogens with zero attached hydrogens (tertiary/aromatic N) is 3. The van der Waals surface area contributed by atoms with Gasteiger partial charge in [-0.25, -0.2) is 14.2 Å². The lowest BCUT2D eigenvalue weighted by Crippen LogP contribution is -2.52. The van der Waals surface area contributed by atoms with Crippen molar-refractivity contribution in [1.82, 2.24) is 15.2 Å². The molecule has 0 fully saturated rings. The minimum Gasteiger partial charge on any atom is -0.467 e. The van der Waals surface area contributed by atoms with Crippen molar-refractivity contribution in [3.05, 3.63) is 59.8 Å². The first-order valence-corrected chi connectivity index (χ1v) is 10.4. The van der Waals surface area contributed by atoms with E-state index in [1.165, 1.54) is 35.4 Å². The number of hydrazone groups is 1. The fraction of sp³-hybridized carbons (Fsp3) is 0.435. The van der Waals surface area contributed by atoms with Crippen LogP contribution in [0, 0.1) is 5.82 Å². The fourth-order valence-electron chi connectivity index (χ4n) is 3.35. The summed E-state index contributed by atoms with van der Waals surface area (Å²) in [5.74, 6) is -0.119. The smallest absolute Gasteiger partial charge is 0.318 e. The number of carbonyl (C=O) groups is 2. The predicted molar refractivity (Wildman–Crippen MR) is 118 cm³/mol. The average molecular weight is 445 g/mol. The van der Waals surface area contributed by atoms with Crippen LogP contribution in [-0.2, 0) is 9.53 Å². The van der Waals surface area contributed by atoms with Gasteiger partial charge in [-0.2, -0.15) is 5.10 Å². The van der Waals surface area contributed by atoms with Crippen LogP contribution < -0.4 is 5.32 Å². The molecule has 1 unspecified atom stereocenters. The molecule has 1 aliphatic heterocycles. The number of urea groups is 1. The van der Waals surface area contributed by atoms with Crippen molar-refractivity contribution in [2.24, 2.45) is 5.10 Å². The van der Waals surface area contributed by atoms with Gasteiger partial charge in [0, 0.05) is 25.6 Å². The largest absolute Gasteiger partial charge is 0.467 e. The quantitative estimate of drug-likeness (QED) is 0.708. The summed E-state index contributed by atoms with van der Waals surface area (Å²) in [7, 11) is 1.54. The number of ether oxygens (including phenoxy) is 1. The average Bonchev–Trinajstić information content (AvgIpc) is 3.40. The first-order valence-electron chi connectivity index (χ1n) is 10.4. The Bertz CT molecular complexity index is 951. The van der Waals surface area contributed by atoms with E-state index < -0.39 is 11.6 Å². The molecular formula is C23H29FN4O4. The zero-order valence-corrected chi connectivity index (χ0v) is 18.8. The molecule has 0 aliphatic carbocycles. The van der Waals surface area contributed by atoms with Crippen LogP contribution in [0.4, 0.5) is 9.18 Å². The molecule has 1 aromatic heterocycles. The first-order chi connectivity index (χ1) is 15.2. The second-order valence-electron chi connectivity index (χ2n) is 8.62. The van der Waals surface area contributed by atoms with Gasteiger partial charge in [0.2, 0.25) is 0 Å². The van der Waals surface area contributed by atoms with Gasteiger partial charge in [0.25, 0.3) is 5.91 Å². The number of rotatable bonds is 7. The molecule has 1 N–H and O–H groups in total. The Balaban J connectivity index is 1.83. The van der Waals surface area contributed by atoms with E-state index in [9.17, 15) is 14.0 Å². The molecule has 0 saturated carbocycles. The molecule has 1 aliphatic rings. The van der Waals surface area contributed by atoms with Crippen molar-refractivity contribution in [2.45, 2.75) is 38.8 Å². The standard InChI is InChI=1S/C23H29FN4O4/c1-23(2,3)25-22(30)27(11-13-31-4)15-21(29)28-19(20-6-5-12-32-20)14-18(26-28)16-7-9-17(24)10-8-16/h5-10,12,19H,11,13-15H2,1-4H3,(H,25,30). The fourth-order valence-corrected chi connectivity index (χ4v) is 3.35. The highest BCUT2D eigenvalue weighted by atomic mass is 19.1. The van der Waals surface area contributed by atoms with Crippen LogP contribution in [0.25, 0.3) is 0 Å². The zero-order chi connectivity index (χ0) is 23.3. The molecule has 1 atom stereocenters. The number of methoxy groups -OCH3 is 1. The van der Waals surface area contributed by atoms with Gasteiger partial charge >= 0.3 is 6.03 Å². The second kappa shape index (κ2) is 9.95.